The first-order chi connectivity index (χ1) is 13.2. The Balaban J connectivity index is 1.65. The highest BCUT2D eigenvalue weighted by atomic mass is 16.5. The molecular weight excluding hydrogens is 346 g/mol. The van der Waals surface area contributed by atoms with E-state index in [4.69, 9.17) is 5.21 Å². The summed E-state index contributed by atoms with van der Waals surface area (Å²) in [6.45, 7) is 1.92. The van der Waals surface area contributed by atoms with Crippen molar-refractivity contribution in [1.29, 1.82) is 0 Å². The van der Waals surface area contributed by atoms with Crippen molar-refractivity contribution in [1.82, 2.24) is 29.8 Å². The van der Waals surface area contributed by atoms with E-state index >= 15 is 0 Å². The van der Waals surface area contributed by atoms with Gasteiger partial charge in [-0.05, 0) is 37.3 Å². The fourth-order valence-corrected chi connectivity index (χ4v) is 2.78. The number of benzene rings is 1. The van der Waals surface area contributed by atoms with Crippen molar-refractivity contribution >= 4 is 23.2 Å². The molecule has 0 saturated carbocycles. The SMILES string of the molecule is Cc1nc2cnccn2c1-c1ccnc(Nc2ccc(C(=O)NO)cc2)n1. The molecule has 27 heavy (non-hydrogen) atoms. The number of amides is 1. The van der Waals surface area contributed by atoms with E-state index in [1.54, 1.807) is 48.3 Å². The number of aryl methyl sites for hydroxylation is 1. The van der Waals surface area contributed by atoms with E-state index in [9.17, 15) is 4.79 Å². The number of nitrogens with one attached hydrogen (secondary N) is 2. The Labute approximate surface area is 153 Å². The Morgan fingerprint density at radius 3 is 2.70 bits per heavy atom. The van der Waals surface area contributed by atoms with Crippen molar-refractivity contribution in [3.05, 3.63) is 66.4 Å². The second-order valence-corrected chi connectivity index (χ2v) is 5.76. The van der Waals surface area contributed by atoms with Gasteiger partial charge in [0.05, 0.1) is 23.3 Å². The standard InChI is InChI=1S/C18H15N7O2/c1-11-16(25-9-8-19-10-15(25)21-11)14-6-7-20-18(23-14)22-13-4-2-12(3-5-13)17(26)24-27/h2-10,27H,1H3,(H,24,26)(H,20,22,23). The molecule has 0 spiro atoms. The fraction of sp³-hybridized carbons (Fsp3) is 0.0556. The molecular formula is C18H15N7O2. The smallest absolute Gasteiger partial charge is 0.274 e. The molecule has 0 radical (unpaired) electrons. The Kier molecular flexibility index (Phi) is 4.19. The molecule has 0 saturated heterocycles. The lowest BCUT2D eigenvalue weighted by molar-refractivity contribution is 0.0706. The van der Waals surface area contributed by atoms with E-state index in [1.807, 2.05) is 23.6 Å². The van der Waals surface area contributed by atoms with Crippen molar-refractivity contribution < 1.29 is 10.0 Å². The first-order valence-electron chi connectivity index (χ1n) is 8.09. The summed E-state index contributed by atoms with van der Waals surface area (Å²) >= 11 is 0. The maximum Gasteiger partial charge on any atom is 0.274 e. The average molecular weight is 361 g/mol. The van der Waals surface area contributed by atoms with Gasteiger partial charge in [0.2, 0.25) is 5.95 Å². The van der Waals surface area contributed by atoms with Crippen molar-refractivity contribution in [2.45, 2.75) is 6.92 Å². The molecule has 0 aliphatic rings. The van der Waals surface area contributed by atoms with Gasteiger partial charge in [-0.3, -0.25) is 19.4 Å². The summed E-state index contributed by atoms with van der Waals surface area (Å²) in [6.07, 6.45) is 6.89. The third-order valence-corrected chi connectivity index (χ3v) is 4.01. The minimum Gasteiger partial charge on any atom is -0.324 e. The van der Waals surface area contributed by atoms with Crippen molar-refractivity contribution in [2.75, 3.05) is 5.32 Å². The number of hydrogen-bond acceptors (Lipinski definition) is 7. The van der Waals surface area contributed by atoms with Crippen LogP contribution in [0.15, 0.2) is 55.1 Å². The highest BCUT2D eigenvalue weighted by molar-refractivity contribution is 5.93. The average Bonchev–Trinajstić information content (AvgIpc) is 3.04. The van der Waals surface area contributed by atoms with Gasteiger partial charge in [0.1, 0.15) is 0 Å². The lowest BCUT2D eigenvalue weighted by atomic mass is 10.2. The largest absolute Gasteiger partial charge is 0.324 e. The van der Waals surface area contributed by atoms with Crippen LogP contribution >= 0.6 is 0 Å². The van der Waals surface area contributed by atoms with Gasteiger partial charge in [-0.1, -0.05) is 0 Å². The summed E-state index contributed by atoms with van der Waals surface area (Å²) in [5.74, 6) is -0.160. The number of imidazole rings is 1. The first-order valence-corrected chi connectivity index (χ1v) is 8.09. The van der Waals surface area contributed by atoms with Crippen LogP contribution in [-0.4, -0.2) is 35.5 Å². The molecule has 0 aliphatic carbocycles. The normalized spacial score (nSPS) is 10.7. The predicted octanol–water partition coefficient (Wildman–Crippen LogP) is 2.36. The molecule has 0 unspecified atom stereocenters. The Morgan fingerprint density at radius 2 is 1.93 bits per heavy atom. The molecule has 0 aliphatic heterocycles. The molecule has 4 aromatic rings. The van der Waals surface area contributed by atoms with Gasteiger partial charge in [0.15, 0.2) is 5.65 Å². The van der Waals surface area contributed by atoms with Crippen LogP contribution in [0.4, 0.5) is 11.6 Å². The van der Waals surface area contributed by atoms with Gasteiger partial charge in [-0.25, -0.2) is 20.4 Å². The number of aromatic nitrogens is 5. The van der Waals surface area contributed by atoms with Gasteiger partial charge in [0.25, 0.3) is 5.91 Å². The molecule has 134 valence electrons. The van der Waals surface area contributed by atoms with Crippen LogP contribution in [0.25, 0.3) is 17.0 Å². The monoisotopic (exact) mass is 361 g/mol. The zero-order valence-corrected chi connectivity index (χ0v) is 14.3. The molecule has 1 amide bonds. The van der Waals surface area contributed by atoms with Crippen molar-refractivity contribution in [3.8, 4) is 11.4 Å². The number of fused-ring (bicyclic) bond motifs is 1. The summed E-state index contributed by atoms with van der Waals surface area (Å²) in [7, 11) is 0. The maximum atomic E-state index is 11.4. The van der Waals surface area contributed by atoms with E-state index < -0.39 is 5.91 Å². The van der Waals surface area contributed by atoms with Crippen LogP contribution in [0.2, 0.25) is 0 Å². The van der Waals surface area contributed by atoms with E-state index in [-0.39, 0.29) is 0 Å². The molecule has 9 heteroatoms. The molecule has 0 fully saturated rings. The van der Waals surface area contributed by atoms with E-state index in [2.05, 4.69) is 25.3 Å². The van der Waals surface area contributed by atoms with Crippen LogP contribution in [0.1, 0.15) is 16.1 Å². The summed E-state index contributed by atoms with van der Waals surface area (Å²) in [6, 6.07) is 8.38. The zero-order valence-electron chi connectivity index (χ0n) is 14.3. The van der Waals surface area contributed by atoms with Gasteiger partial charge < -0.3 is 5.32 Å². The number of rotatable bonds is 4. The topological polar surface area (TPSA) is 117 Å². The lowest BCUT2D eigenvalue weighted by Gasteiger charge is -2.08. The number of nitrogens with zero attached hydrogens (tertiary/aromatic N) is 5. The molecule has 0 atom stereocenters. The Hall–Kier alpha value is -3.85. The first kappa shape index (κ1) is 16.6. The summed E-state index contributed by atoms with van der Waals surface area (Å²) in [5.41, 5.74) is 5.82. The van der Waals surface area contributed by atoms with Gasteiger partial charge in [-0.2, -0.15) is 0 Å². The highest BCUT2D eigenvalue weighted by Crippen LogP contribution is 2.24. The summed E-state index contributed by atoms with van der Waals surface area (Å²) in [5, 5.41) is 11.8. The summed E-state index contributed by atoms with van der Waals surface area (Å²) in [4.78, 5) is 28.8. The molecule has 4 rings (SSSR count). The zero-order chi connectivity index (χ0) is 18.8. The van der Waals surface area contributed by atoms with Gasteiger partial charge >= 0.3 is 0 Å². The van der Waals surface area contributed by atoms with Crippen molar-refractivity contribution in [3.63, 3.8) is 0 Å². The van der Waals surface area contributed by atoms with E-state index in [1.165, 1.54) is 0 Å². The molecule has 3 heterocycles. The predicted molar refractivity (Wildman–Crippen MR) is 97.7 cm³/mol. The molecule has 9 nitrogen and oxygen atoms in total. The van der Waals surface area contributed by atoms with E-state index in [0.29, 0.717) is 17.2 Å². The van der Waals surface area contributed by atoms with Gasteiger partial charge in [0, 0.05) is 29.8 Å². The quantitative estimate of drug-likeness (QED) is 0.377. The number of hydrogen-bond donors (Lipinski definition) is 3. The Morgan fingerprint density at radius 1 is 1.11 bits per heavy atom. The van der Waals surface area contributed by atoms with Crippen LogP contribution in [-0.2, 0) is 0 Å². The fourth-order valence-electron chi connectivity index (χ4n) is 2.78. The highest BCUT2D eigenvalue weighted by Gasteiger charge is 2.13. The maximum absolute atomic E-state index is 11.4. The minimum atomic E-state index is -0.572. The number of carbonyl (C=O) groups is 1. The third-order valence-electron chi connectivity index (χ3n) is 4.01. The molecule has 0 bridgehead atoms. The summed E-state index contributed by atoms with van der Waals surface area (Å²) < 4.78 is 1.93. The molecule has 3 N–H and O–H groups in total. The number of anilines is 2. The Bertz CT molecular complexity index is 1120. The van der Waals surface area contributed by atoms with Crippen LogP contribution in [0.3, 0.4) is 0 Å². The van der Waals surface area contributed by atoms with Gasteiger partial charge in [-0.15, -0.1) is 0 Å². The van der Waals surface area contributed by atoms with Crippen LogP contribution in [0.5, 0.6) is 0 Å². The lowest BCUT2D eigenvalue weighted by Crippen LogP contribution is -2.18. The second-order valence-electron chi connectivity index (χ2n) is 5.76. The third kappa shape index (κ3) is 3.18. The number of carbonyl (C=O) groups excluding carboxylic acids is 1. The minimum absolute atomic E-state index is 0.340. The molecule has 1 aromatic carbocycles. The molecule has 3 aromatic heterocycles. The van der Waals surface area contributed by atoms with Crippen molar-refractivity contribution in [2.24, 2.45) is 0 Å². The number of hydroxylamine groups is 1. The van der Waals surface area contributed by atoms with Crippen LogP contribution < -0.4 is 10.8 Å². The van der Waals surface area contributed by atoms with E-state index in [0.717, 1.165) is 22.7 Å². The van der Waals surface area contributed by atoms with Crippen LogP contribution in [0, 0.1) is 6.92 Å². The second kappa shape index (κ2) is 6.81.